The fourth-order valence-electron chi connectivity index (χ4n) is 3.18. The monoisotopic (exact) mass is 342 g/mol. The third kappa shape index (κ3) is 3.53. The Morgan fingerprint density at radius 1 is 1.21 bits per heavy atom. The predicted octanol–water partition coefficient (Wildman–Crippen LogP) is 3.17. The first-order chi connectivity index (χ1) is 11.3. The fourth-order valence-corrected chi connectivity index (χ4v) is 3.18. The Morgan fingerprint density at radius 2 is 1.92 bits per heavy atom. The maximum atomic E-state index is 13.5. The van der Waals surface area contributed by atoms with Crippen LogP contribution in [0.5, 0.6) is 0 Å². The van der Waals surface area contributed by atoms with Gasteiger partial charge in [0, 0.05) is 5.56 Å². The molecule has 130 valence electrons. The first-order valence-electron chi connectivity index (χ1n) is 7.73. The van der Waals surface area contributed by atoms with Crippen LogP contribution in [0.25, 0.3) is 0 Å². The largest absolute Gasteiger partial charge is 0.442 e. The van der Waals surface area contributed by atoms with Crippen molar-refractivity contribution >= 4 is 11.8 Å². The number of nitrogens with zero attached hydrogens (tertiary/aromatic N) is 1. The predicted molar refractivity (Wildman–Crippen MR) is 79.7 cm³/mol. The van der Waals surface area contributed by atoms with Gasteiger partial charge in [-0.25, -0.2) is 10.2 Å². The van der Waals surface area contributed by atoms with Crippen LogP contribution < -0.4 is 5.43 Å². The SMILES string of the molecule is O=C1NN=C(c2ccc([C@H]3CC[C@H](O)CC3)c(C(F)(F)F)c2)CO1. The third-order valence-corrected chi connectivity index (χ3v) is 4.45. The van der Waals surface area contributed by atoms with Crippen molar-refractivity contribution in [2.24, 2.45) is 5.10 Å². The number of aliphatic hydroxyl groups excluding tert-OH is 1. The smallest absolute Gasteiger partial charge is 0.428 e. The summed E-state index contributed by atoms with van der Waals surface area (Å²) in [7, 11) is 0. The standard InChI is InChI=1S/C16H17F3N2O3/c17-16(18,19)13-7-10(14-8-24-15(23)21-20-14)3-6-12(13)9-1-4-11(22)5-2-9/h3,6-7,9,11,22H,1-2,4-5,8H2,(H,21,23)/t9-,11-. The molecule has 0 spiro atoms. The molecule has 0 aromatic heterocycles. The zero-order valence-corrected chi connectivity index (χ0v) is 12.8. The van der Waals surface area contributed by atoms with Gasteiger partial charge in [0.05, 0.1) is 11.7 Å². The summed E-state index contributed by atoms with van der Waals surface area (Å²) < 4.78 is 45.2. The lowest BCUT2D eigenvalue weighted by Crippen LogP contribution is -2.31. The van der Waals surface area contributed by atoms with Crippen LogP contribution in [0.3, 0.4) is 0 Å². The first-order valence-corrected chi connectivity index (χ1v) is 7.73. The van der Waals surface area contributed by atoms with Gasteiger partial charge in [0.1, 0.15) is 12.3 Å². The van der Waals surface area contributed by atoms with E-state index in [0.717, 1.165) is 6.07 Å². The number of carbonyl (C=O) groups is 1. The first kappa shape index (κ1) is 16.8. The van der Waals surface area contributed by atoms with E-state index >= 15 is 0 Å². The molecule has 2 aliphatic rings. The molecule has 3 rings (SSSR count). The molecule has 0 atom stereocenters. The van der Waals surface area contributed by atoms with E-state index in [2.05, 4.69) is 10.5 Å². The average Bonchev–Trinajstić information content (AvgIpc) is 2.55. The van der Waals surface area contributed by atoms with E-state index in [1.165, 1.54) is 6.07 Å². The number of hydrogen-bond donors (Lipinski definition) is 2. The van der Waals surface area contributed by atoms with Crippen molar-refractivity contribution in [3.8, 4) is 0 Å². The zero-order chi connectivity index (χ0) is 17.3. The molecular formula is C16H17F3N2O3. The highest BCUT2D eigenvalue weighted by Gasteiger charge is 2.36. The Balaban J connectivity index is 1.94. The molecule has 2 N–H and O–H groups in total. The second kappa shape index (κ2) is 6.43. The van der Waals surface area contributed by atoms with Gasteiger partial charge in [-0.3, -0.25) is 0 Å². The normalized spacial score (nSPS) is 24.8. The zero-order valence-electron chi connectivity index (χ0n) is 12.8. The fraction of sp³-hybridized carbons (Fsp3) is 0.500. The van der Waals surface area contributed by atoms with E-state index in [-0.39, 0.29) is 29.4 Å². The van der Waals surface area contributed by atoms with E-state index < -0.39 is 23.9 Å². The van der Waals surface area contributed by atoms with Crippen LogP contribution in [-0.2, 0) is 10.9 Å². The highest BCUT2D eigenvalue weighted by molar-refractivity contribution is 6.03. The van der Waals surface area contributed by atoms with E-state index in [0.29, 0.717) is 25.7 Å². The Kier molecular flexibility index (Phi) is 4.49. The number of ether oxygens (including phenoxy) is 1. The van der Waals surface area contributed by atoms with Gasteiger partial charge in [0.2, 0.25) is 0 Å². The van der Waals surface area contributed by atoms with E-state index in [4.69, 9.17) is 4.74 Å². The number of amides is 1. The molecule has 1 saturated carbocycles. The van der Waals surface area contributed by atoms with Crippen molar-refractivity contribution in [3.05, 3.63) is 34.9 Å². The van der Waals surface area contributed by atoms with Crippen LogP contribution in [0.1, 0.15) is 48.3 Å². The minimum Gasteiger partial charge on any atom is -0.442 e. The van der Waals surface area contributed by atoms with Crippen molar-refractivity contribution < 1.29 is 27.8 Å². The highest BCUT2D eigenvalue weighted by Crippen LogP contribution is 2.41. The van der Waals surface area contributed by atoms with Gasteiger partial charge in [-0.2, -0.15) is 18.3 Å². The van der Waals surface area contributed by atoms with Crippen LogP contribution in [0, 0.1) is 0 Å². The van der Waals surface area contributed by atoms with Crippen molar-refractivity contribution in [3.63, 3.8) is 0 Å². The number of nitrogens with one attached hydrogen (secondary N) is 1. The lowest BCUT2D eigenvalue weighted by Gasteiger charge is -2.28. The summed E-state index contributed by atoms with van der Waals surface area (Å²) in [5, 5.41) is 13.3. The number of aliphatic hydroxyl groups is 1. The molecule has 0 bridgehead atoms. The van der Waals surface area contributed by atoms with Gasteiger partial charge in [-0.15, -0.1) is 0 Å². The van der Waals surface area contributed by atoms with Gasteiger partial charge in [0.15, 0.2) is 0 Å². The topological polar surface area (TPSA) is 70.9 Å². The van der Waals surface area contributed by atoms with Crippen molar-refractivity contribution in [1.82, 2.24) is 5.43 Å². The number of alkyl halides is 3. The molecule has 0 saturated heterocycles. The molecule has 8 heteroatoms. The van der Waals surface area contributed by atoms with Crippen LogP contribution in [-0.4, -0.2) is 29.6 Å². The second-order valence-corrected chi connectivity index (χ2v) is 6.05. The van der Waals surface area contributed by atoms with E-state index in [1.54, 1.807) is 6.07 Å². The molecule has 1 aromatic rings. The summed E-state index contributed by atoms with van der Waals surface area (Å²) in [5.41, 5.74) is 2.15. The number of benzene rings is 1. The molecule has 1 amide bonds. The minimum atomic E-state index is -4.49. The van der Waals surface area contributed by atoms with Crippen LogP contribution in [0.15, 0.2) is 23.3 Å². The number of cyclic esters (lactones) is 1. The lowest BCUT2D eigenvalue weighted by molar-refractivity contribution is -0.138. The number of hydrogen-bond acceptors (Lipinski definition) is 4. The van der Waals surface area contributed by atoms with E-state index in [1.807, 2.05) is 0 Å². The number of halogens is 3. The maximum Gasteiger partial charge on any atom is 0.428 e. The van der Waals surface area contributed by atoms with Crippen LogP contribution in [0.4, 0.5) is 18.0 Å². The van der Waals surface area contributed by atoms with Gasteiger partial charge in [-0.1, -0.05) is 12.1 Å². The van der Waals surface area contributed by atoms with Crippen molar-refractivity contribution in [1.29, 1.82) is 0 Å². The molecule has 1 aliphatic carbocycles. The number of carbonyl (C=O) groups excluding carboxylic acids is 1. The molecule has 1 heterocycles. The molecule has 1 aliphatic heterocycles. The number of rotatable bonds is 2. The molecule has 24 heavy (non-hydrogen) atoms. The summed E-state index contributed by atoms with van der Waals surface area (Å²) in [6.07, 6.45) is -3.56. The summed E-state index contributed by atoms with van der Waals surface area (Å²) in [6.45, 7) is -0.169. The summed E-state index contributed by atoms with van der Waals surface area (Å²) in [6, 6.07) is 4.09. The van der Waals surface area contributed by atoms with Gasteiger partial charge in [-0.05, 0) is 43.2 Å². The summed E-state index contributed by atoms with van der Waals surface area (Å²) in [5.74, 6) is -0.219. The Labute approximate surface area is 136 Å². The average molecular weight is 342 g/mol. The third-order valence-electron chi connectivity index (χ3n) is 4.45. The molecule has 0 unspecified atom stereocenters. The van der Waals surface area contributed by atoms with Crippen molar-refractivity contribution in [2.45, 2.75) is 43.9 Å². The van der Waals surface area contributed by atoms with Crippen molar-refractivity contribution in [2.75, 3.05) is 6.61 Å². The summed E-state index contributed by atoms with van der Waals surface area (Å²) >= 11 is 0. The van der Waals surface area contributed by atoms with Gasteiger partial charge >= 0.3 is 12.3 Å². The molecule has 1 fully saturated rings. The van der Waals surface area contributed by atoms with E-state index in [9.17, 15) is 23.1 Å². The van der Waals surface area contributed by atoms with Gasteiger partial charge in [0.25, 0.3) is 0 Å². The molecule has 0 radical (unpaired) electrons. The quantitative estimate of drug-likeness (QED) is 0.867. The number of hydrazone groups is 1. The molecule has 1 aromatic carbocycles. The molecule has 5 nitrogen and oxygen atoms in total. The van der Waals surface area contributed by atoms with Crippen LogP contribution in [0.2, 0.25) is 0 Å². The second-order valence-electron chi connectivity index (χ2n) is 6.05. The Bertz CT molecular complexity index is 665. The van der Waals surface area contributed by atoms with Crippen LogP contribution >= 0.6 is 0 Å². The summed E-state index contributed by atoms with van der Waals surface area (Å²) in [4.78, 5) is 10.9. The lowest BCUT2D eigenvalue weighted by atomic mass is 9.80. The van der Waals surface area contributed by atoms with Gasteiger partial charge < -0.3 is 9.84 Å². The Morgan fingerprint density at radius 3 is 2.50 bits per heavy atom. The Hall–Kier alpha value is -2.09. The highest BCUT2D eigenvalue weighted by atomic mass is 19.4. The maximum absolute atomic E-state index is 13.5. The molecular weight excluding hydrogens is 325 g/mol. The minimum absolute atomic E-state index is 0.169.